The van der Waals surface area contributed by atoms with Crippen LogP contribution in [-0.2, 0) is 4.79 Å². The van der Waals surface area contributed by atoms with Gasteiger partial charge in [0.05, 0.1) is 12.3 Å². The molecule has 0 N–H and O–H groups in total. The number of amides is 1. The molecule has 1 amide bonds. The topological polar surface area (TPSA) is 62.5 Å². The van der Waals surface area contributed by atoms with Gasteiger partial charge < -0.3 is 14.2 Å². The van der Waals surface area contributed by atoms with Crippen molar-refractivity contribution < 1.29 is 9.21 Å². The summed E-state index contributed by atoms with van der Waals surface area (Å²) in [7, 11) is 0. The molecule has 1 saturated carbocycles. The highest BCUT2D eigenvalue weighted by molar-refractivity contribution is 5.80. The lowest BCUT2D eigenvalue weighted by Gasteiger charge is -2.36. The number of carbonyl (C=O) groups is 1. The predicted octanol–water partition coefficient (Wildman–Crippen LogP) is 3.04. The maximum absolute atomic E-state index is 13.2. The van der Waals surface area contributed by atoms with E-state index in [0.717, 1.165) is 50.5 Å². The van der Waals surface area contributed by atoms with E-state index in [-0.39, 0.29) is 17.9 Å². The number of rotatable bonds is 5. The maximum atomic E-state index is 13.2. The standard InChI is InChI=1S/C19H24N4O2/c1-14(17-4-2-13-25-17)23(16-5-6-16)18(24)15-7-11-22(12-8-15)19-20-9-3-10-21-19/h2-4,9-10,13-16H,5-8,11-12H2,1H3/t14-/m1/s1. The largest absolute Gasteiger partial charge is 0.467 e. The first-order valence-electron chi connectivity index (χ1n) is 9.11. The molecule has 6 heteroatoms. The van der Waals surface area contributed by atoms with Gasteiger partial charge in [-0.3, -0.25) is 4.79 Å². The molecule has 25 heavy (non-hydrogen) atoms. The summed E-state index contributed by atoms with van der Waals surface area (Å²) in [5, 5.41) is 0. The molecule has 1 aliphatic carbocycles. The fourth-order valence-electron chi connectivity index (χ4n) is 3.70. The minimum atomic E-state index is 0.00508. The molecule has 0 bridgehead atoms. The molecule has 0 aromatic carbocycles. The third-order valence-corrected chi connectivity index (χ3v) is 5.25. The highest BCUT2D eigenvalue weighted by Gasteiger charge is 2.40. The molecular weight excluding hydrogens is 316 g/mol. The molecule has 4 rings (SSSR count). The summed E-state index contributed by atoms with van der Waals surface area (Å²) in [6.07, 6.45) is 9.12. The van der Waals surface area contributed by atoms with Gasteiger partial charge in [-0.25, -0.2) is 9.97 Å². The second-order valence-corrected chi connectivity index (χ2v) is 6.98. The van der Waals surface area contributed by atoms with E-state index >= 15 is 0 Å². The Morgan fingerprint density at radius 1 is 1.20 bits per heavy atom. The molecule has 132 valence electrons. The highest BCUT2D eigenvalue weighted by Crippen LogP contribution is 2.37. The molecule has 3 heterocycles. The van der Waals surface area contributed by atoms with Crippen LogP contribution < -0.4 is 4.90 Å². The van der Waals surface area contributed by atoms with Crippen molar-refractivity contribution in [2.24, 2.45) is 5.92 Å². The first kappa shape index (κ1) is 16.1. The monoisotopic (exact) mass is 340 g/mol. The van der Waals surface area contributed by atoms with Crippen LogP contribution in [0.2, 0.25) is 0 Å². The van der Waals surface area contributed by atoms with Crippen molar-refractivity contribution in [2.75, 3.05) is 18.0 Å². The van der Waals surface area contributed by atoms with Crippen molar-refractivity contribution in [3.63, 3.8) is 0 Å². The summed E-state index contributed by atoms with van der Waals surface area (Å²) in [4.78, 5) is 26.1. The van der Waals surface area contributed by atoms with E-state index in [4.69, 9.17) is 4.42 Å². The van der Waals surface area contributed by atoms with E-state index in [0.29, 0.717) is 6.04 Å². The van der Waals surface area contributed by atoms with E-state index in [1.807, 2.05) is 18.2 Å². The number of carbonyl (C=O) groups excluding carboxylic acids is 1. The van der Waals surface area contributed by atoms with Crippen molar-refractivity contribution in [1.29, 1.82) is 0 Å². The van der Waals surface area contributed by atoms with Crippen LogP contribution in [0.1, 0.15) is 44.4 Å². The van der Waals surface area contributed by atoms with E-state index in [9.17, 15) is 4.79 Å². The molecule has 6 nitrogen and oxygen atoms in total. The van der Waals surface area contributed by atoms with Gasteiger partial charge in [0.15, 0.2) is 0 Å². The number of aromatic nitrogens is 2. The molecule has 2 aliphatic rings. The van der Waals surface area contributed by atoms with Crippen LogP contribution in [0.4, 0.5) is 5.95 Å². The molecule has 1 saturated heterocycles. The Hall–Kier alpha value is -2.37. The van der Waals surface area contributed by atoms with Crippen LogP contribution >= 0.6 is 0 Å². The number of hydrogen-bond donors (Lipinski definition) is 0. The van der Waals surface area contributed by atoms with Gasteiger partial charge in [0.25, 0.3) is 0 Å². The van der Waals surface area contributed by atoms with Gasteiger partial charge in [0.2, 0.25) is 11.9 Å². The minimum absolute atomic E-state index is 0.00508. The lowest BCUT2D eigenvalue weighted by atomic mass is 9.94. The van der Waals surface area contributed by atoms with E-state index < -0.39 is 0 Å². The number of furan rings is 1. The summed E-state index contributed by atoms with van der Waals surface area (Å²) >= 11 is 0. The van der Waals surface area contributed by atoms with Crippen LogP contribution in [0, 0.1) is 5.92 Å². The van der Waals surface area contributed by atoms with E-state index in [1.165, 1.54) is 0 Å². The van der Waals surface area contributed by atoms with Gasteiger partial charge in [-0.1, -0.05) is 0 Å². The fraction of sp³-hybridized carbons (Fsp3) is 0.526. The van der Waals surface area contributed by atoms with Crippen molar-refractivity contribution in [1.82, 2.24) is 14.9 Å². The first-order chi connectivity index (χ1) is 12.2. The number of anilines is 1. The third-order valence-electron chi connectivity index (χ3n) is 5.25. The summed E-state index contributed by atoms with van der Waals surface area (Å²) in [5.41, 5.74) is 0. The first-order valence-corrected chi connectivity index (χ1v) is 9.11. The van der Waals surface area contributed by atoms with Crippen molar-refractivity contribution in [3.05, 3.63) is 42.6 Å². The molecule has 1 aliphatic heterocycles. The number of piperidine rings is 1. The zero-order valence-corrected chi connectivity index (χ0v) is 14.5. The van der Waals surface area contributed by atoms with Gasteiger partial charge in [-0.2, -0.15) is 0 Å². The molecule has 0 spiro atoms. The van der Waals surface area contributed by atoms with E-state index in [2.05, 4.69) is 26.7 Å². The van der Waals surface area contributed by atoms with Crippen molar-refractivity contribution >= 4 is 11.9 Å². The van der Waals surface area contributed by atoms with Crippen LogP contribution in [-0.4, -0.2) is 39.9 Å². The maximum Gasteiger partial charge on any atom is 0.226 e. The molecule has 2 fully saturated rings. The average molecular weight is 340 g/mol. The normalized spacial score (nSPS) is 19.6. The SMILES string of the molecule is C[C@H](c1ccco1)N(C(=O)C1CCN(c2ncccn2)CC1)C1CC1. The molecule has 0 unspecified atom stereocenters. The molecule has 1 atom stereocenters. The van der Waals surface area contributed by atoms with Crippen LogP contribution in [0.15, 0.2) is 41.3 Å². The lowest BCUT2D eigenvalue weighted by Crippen LogP contribution is -2.44. The molecule has 0 radical (unpaired) electrons. The second kappa shape index (κ2) is 6.86. The quantitative estimate of drug-likeness (QED) is 0.837. The lowest BCUT2D eigenvalue weighted by molar-refractivity contribution is -0.139. The Labute approximate surface area is 147 Å². The number of nitrogens with zero attached hydrogens (tertiary/aromatic N) is 4. The Bertz CT molecular complexity index is 691. The summed E-state index contributed by atoms with van der Waals surface area (Å²) < 4.78 is 5.55. The van der Waals surface area contributed by atoms with Gasteiger partial charge in [-0.15, -0.1) is 0 Å². The van der Waals surface area contributed by atoms with Crippen LogP contribution in [0.25, 0.3) is 0 Å². The van der Waals surface area contributed by atoms with Gasteiger partial charge in [-0.05, 0) is 50.8 Å². The fourth-order valence-corrected chi connectivity index (χ4v) is 3.70. The number of hydrogen-bond acceptors (Lipinski definition) is 5. The van der Waals surface area contributed by atoms with Crippen LogP contribution in [0.3, 0.4) is 0 Å². The molecule has 2 aromatic heterocycles. The van der Waals surface area contributed by atoms with E-state index in [1.54, 1.807) is 18.7 Å². The zero-order valence-electron chi connectivity index (χ0n) is 14.5. The smallest absolute Gasteiger partial charge is 0.226 e. The molecule has 2 aromatic rings. The van der Waals surface area contributed by atoms with Crippen LogP contribution in [0.5, 0.6) is 0 Å². The zero-order chi connectivity index (χ0) is 17.2. The third kappa shape index (κ3) is 3.38. The summed E-state index contributed by atoms with van der Waals surface area (Å²) in [6.45, 7) is 3.73. The minimum Gasteiger partial charge on any atom is -0.467 e. The van der Waals surface area contributed by atoms with Gasteiger partial charge >= 0.3 is 0 Å². The summed E-state index contributed by atoms with van der Waals surface area (Å²) in [5.74, 6) is 1.99. The second-order valence-electron chi connectivity index (χ2n) is 6.98. The summed E-state index contributed by atoms with van der Waals surface area (Å²) in [6, 6.07) is 6.06. The van der Waals surface area contributed by atoms with Gasteiger partial charge in [0.1, 0.15) is 5.76 Å². The Kier molecular flexibility index (Phi) is 4.42. The Balaban J connectivity index is 1.42. The average Bonchev–Trinajstić information content (AvgIpc) is 3.34. The molecular formula is C19H24N4O2. The van der Waals surface area contributed by atoms with Crippen molar-refractivity contribution in [3.8, 4) is 0 Å². The Morgan fingerprint density at radius 3 is 2.52 bits per heavy atom. The van der Waals surface area contributed by atoms with Gasteiger partial charge in [0, 0.05) is 37.4 Å². The van der Waals surface area contributed by atoms with Crippen molar-refractivity contribution in [2.45, 2.75) is 44.7 Å². The Morgan fingerprint density at radius 2 is 1.92 bits per heavy atom. The highest BCUT2D eigenvalue weighted by atomic mass is 16.3. The predicted molar refractivity (Wildman–Crippen MR) is 94.0 cm³/mol.